The molecule has 0 fully saturated rings. The Kier molecular flexibility index (Phi) is 10.5. The van der Waals surface area contributed by atoms with Gasteiger partial charge in [-0.15, -0.1) is 0 Å². The topological polar surface area (TPSA) is 20.2 Å². The SMILES string of the molecule is CCCCC(C)C(C)CC(F)C(C)C(C)CCC(C)O. The van der Waals surface area contributed by atoms with E-state index in [2.05, 4.69) is 27.7 Å². The molecule has 0 aliphatic carbocycles. The molecule has 0 aliphatic rings. The summed E-state index contributed by atoms with van der Waals surface area (Å²) in [6.07, 6.45) is 5.10. The molecule has 0 amide bonds. The molecule has 0 aromatic carbocycles. The Morgan fingerprint density at radius 2 is 1.45 bits per heavy atom. The van der Waals surface area contributed by atoms with Crippen LogP contribution in [0.3, 0.4) is 0 Å². The molecule has 0 spiro atoms. The highest BCUT2D eigenvalue weighted by atomic mass is 19.1. The molecule has 0 rings (SSSR count). The van der Waals surface area contributed by atoms with Gasteiger partial charge in [-0.05, 0) is 49.9 Å². The lowest BCUT2D eigenvalue weighted by Gasteiger charge is -2.28. The molecule has 0 aromatic heterocycles. The number of unbranched alkanes of at least 4 members (excludes halogenated alkanes) is 1. The lowest BCUT2D eigenvalue weighted by Crippen LogP contribution is -2.25. The van der Waals surface area contributed by atoms with Crippen molar-refractivity contribution in [3.8, 4) is 0 Å². The Balaban J connectivity index is 4.13. The Labute approximate surface area is 126 Å². The molecule has 0 saturated heterocycles. The molecule has 122 valence electrons. The predicted octanol–water partition coefficient (Wildman–Crippen LogP) is 5.61. The second-order valence-corrected chi connectivity index (χ2v) is 7.11. The highest BCUT2D eigenvalue weighted by molar-refractivity contribution is 4.75. The molecule has 20 heavy (non-hydrogen) atoms. The van der Waals surface area contributed by atoms with E-state index in [4.69, 9.17) is 0 Å². The van der Waals surface area contributed by atoms with Gasteiger partial charge in [0.05, 0.1) is 6.10 Å². The maximum Gasteiger partial charge on any atom is 0.103 e. The molecular formula is C18H37FO. The van der Waals surface area contributed by atoms with E-state index in [1.54, 1.807) is 0 Å². The largest absolute Gasteiger partial charge is 0.393 e. The van der Waals surface area contributed by atoms with Crippen LogP contribution in [0.25, 0.3) is 0 Å². The minimum Gasteiger partial charge on any atom is -0.393 e. The van der Waals surface area contributed by atoms with Crippen LogP contribution in [-0.4, -0.2) is 17.4 Å². The Bertz CT molecular complexity index is 229. The first-order valence-electron chi connectivity index (χ1n) is 8.61. The van der Waals surface area contributed by atoms with Gasteiger partial charge in [-0.3, -0.25) is 0 Å². The molecule has 0 heterocycles. The van der Waals surface area contributed by atoms with Crippen molar-refractivity contribution >= 4 is 0 Å². The summed E-state index contributed by atoms with van der Waals surface area (Å²) in [4.78, 5) is 0. The summed E-state index contributed by atoms with van der Waals surface area (Å²) in [6, 6.07) is 0. The summed E-state index contributed by atoms with van der Waals surface area (Å²) in [5, 5.41) is 9.33. The van der Waals surface area contributed by atoms with Gasteiger partial charge in [-0.2, -0.15) is 0 Å². The van der Waals surface area contributed by atoms with Gasteiger partial charge in [0.25, 0.3) is 0 Å². The molecular weight excluding hydrogens is 251 g/mol. The fourth-order valence-electron chi connectivity index (χ4n) is 2.74. The van der Waals surface area contributed by atoms with Gasteiger partial charge in [0.2, 0.25) is 0 Å². The van der Waals surface area contributed by atoms with Crippen molar-refractivity contribution < 1.29 is 9.50 Å². The molecule has 0 aromatic rings. The lowest BCUT2D eigenvalue weighted by molar-refractivity contribution is 0.121. The van der Waals surface area contributed by atoms with E-state index in [-0.39, 0.29) is 12.0 Å². The summed E-state index contributed by atoms with van der Waals surface area (Å²) >= 11 is 0. The first kappa shape index (κ1) is 19.9. The number of aliphatic hydroxyl groups is 1. The van der Waals surface area contributed by atoms with Gasteiger partial charge in [0, 0.05) is 0 Å². The standard InChI is InChI=1S/C18H37FO/c1-7-8-9-13(2)15(4)12-18(19)17(6)14(3)10-11-16(5)20/h13-18,20H,7-12H2,1-6H3. The van der Waals surface area contributed by atoms with Crippen LogP contribution < -0.4 is 0 Å². The number of aliphatic hydroxyl groups excluding tert-OH is 1. The normalized spacial score (nSPS) is 21.0. The average Bonchev–Trinajstić information content (AvgIpc) is 2.40. The van der Waals surface area contributed by atoms with Gasteiger partial charge in [-0.25, -0.2) is 4.39 Å². The molecule has 6 unspecified atom stereocenters. The minimum atomic E-state index is -0.710. The zero-order chi connectivity index (χ0) is 15.7. The fourth-order valence-corrected chi connectivity index (χ4v) is 2.74. The Hall–Kier alpha value is -0.110. The highest BCUT2D eigenvalue weighted by Gasteiger charge is 2.26. The van der Waals surface area contributed by atoms with Crippen molar-refractivity contribution in [3.63, 3.8) is 0 Å². The van der Waals surface area contributed by atoms with E-state index >= 15 is 0 Å². The Morgan fingerprint density at radius 1 is 0.850 bits per heavy atom. The molecule has 1 N–H and O–H groups in total. The van der Waals surface area contributed by atoms with Crippen molar-refractivity contribution in [1.82, 2.24) is 0 Å². The smallest absolute Gasteiger partial charge is 0.103 e. The van der Waals surface area contributed by atoms with E-state index in [0.717, 1.165) is 12.8 Å². The maximum atomic E-state index is 14.4. The van der Waals surface area contributed by atoms with Crippen molar-refractivity contribution in [2.45, 2.75) is 92.3 Å². The van der Waals surface area contributed by atoms with Crippen LogP contribution in [0.5, 0.6) is 0 Å². The fraction of sp³-hybridized carbons (Fsp3) is 1.00. The molecule has 2 heteroatoms. The molecule has 0 radical (unpaired) electrons. The van der Waals surface area contributed by atoms with Gasteiger partial charge in [0.15, 0.2) is 0 Å². The lowest BCUT2D eigenvalue weighted by atomic mass is 9.80. The van der Waals surface area contributed by atoms with Gasteiger partial charge in [-0.1, -0.05) is 53.9 Å². The first-order chi connectivity index (χ1) is 9.29. The molecule has 0 saturated carbocycles. The van der Waals surface area contributed by atoms with Crippen LogP contribution in [0.2, 0.25) is 0 Å². The van der Waals surface area contributed by atoms with Crippen molar-refractivity contribution in [3.05, 3.63) is 0 Å². The molecule has 0 bridgehead atoms. The highest BCUT2D eigenvalue weighted by Crippen LogP contribution is 2.30. The van der Waals surface area contributed by atoms with E-state index in [9.17, 15) is 9.50 Å². The van der Waals surface area contributed by atoms with Crippen LogP contribution in [-0.2, 0) is 0 Å². The second-order valence-electron chi connectivity index (χ2n) is 7.11. The monoisotopic (exact) mass is 288 g/mol. The summed E-state index contributed by atoms with van der Waals surface area (Å²) in [5.74, 6) is 1.52. The van der Waals surface area contributed by atoms with Gasteiger partial charge in [0.1, 0.15) is 6.17 Å². The second kappa shape index (κ2) is 10.6. The third-order valence-electron chi connectivity index (χ3n) is 5.09. The number of alkyl halides is 1. The zero-order valence-electron chi connectivity index (χ0n) is 14.5. The number of rotatable bonds is 11. The summed E-state index contributed by atoms with van der Waals surface area (Å²) < 4.78 is 14.4. The first-order valence-corrected chi connectivity index (χ1v) is 8.61. The molecule has 0 aliphatic heterocycles. The number of hydrogen-bond donors (Lipinski definition) is 1. The third kappa shape index (κ3) is 8.24. The average molecular weight is 288 g/mol. The van der Waals surface area contributed by atoms with Crippen LogP contribution in [0.15, 0.2) is 0 Å². The third-order valence-corrected chi connectivity index (χ3v) is 5.09. The van der Waals surface area contributed by atoms with Crippen LogP contribution in [0.1, 0.15) is 80.1 Å². The number of halogens is 1. The van der Waals surface area contributed by atoms with Crippen LogP contribution in [0.4, 0.5) is 4.39 Å². The van der Waals surface area contributed by atoms with E-state index in [1.165, 1.54) is 19.3 Å². The van der Waals surface area contributed by atoms with Crippen molar-refractivity contribution in [2.75, 3.05) is 0 Å². The zero-order valence-corrected chi connectivity index (χ0v) is 14.5. The molecule has 6 atom stereocenters. The van der Waals surface area contributed by atoms with Crippen LogP contribution in [0, 0.1) is 23.7 Å². The van der Waals surface area contributed by atoms with Crippen LogP contribution >= 0.6 is 0 Å². The number of hydrogen-bond acceptors (Lipinski definition) is 1. The Morgan fingerprint density at radius 3 is 1.95 bits per heavy atom. The van der Waals surface area contributed by atoms with E-state index in [1.807, 2.05) is 13.8 Å². The maximum absolute atomic E-state index is 14.4. The quantitative estimate of drug-likeness (QED) is 0.524. The van der Waals surface area contributed by atoms with Gasteiger partial charge < -0.3 is 5.11 Å². The van der Waals surface area contributed by atoms with E-state index < -0.39 is 6.17 Å². The summed E-state index contributed by atoms with van der Waals surface area (Å²) in [6.45, 7) is 12.6. The van der Waals surface area contributed by atoms with Crippen molar-refractivity contribution in [2.24, 2.45) is 23.7 Å². The predicted molar refractivity (Wildman–Crippen MR) is 86.6 cm³/mol. The van der Waals surface area contributed by atoms with Gasteiger partial charge >= 0.3 is 0 Å². The molecule has 1 nitrogen and oxygen atoms in total. The summed E-state index contributed by atoms with van der Waals surface area (Å²) in [7, 11) is 0. The van der Waals surface area contributed by atoms with Crippen molar-refractivity contribution in [1.29, 1.82) is 0 Å². The summed E-state index contributed by atoms with van der Waals surface area (Å²) in [5.41, 5.74) is 0. The van der Waals surface area contributed by atoms with E-state index in [0.29, 0.717) is 24.2 Å². The minimum absolute atomic E-state index is 0.0922.